The van der Waals surface area contributed by atoms with Gasteiger partial charge in [0.25, 0.3) is 0 Å². The van der Waals surface area contributed by atoms with Gasteiger partial charge in [-0.05, 0) is 24.9 Å². The zero-order chi connectivity index (χ0) is 13.4. The zero-order valence-corrected chi connectivity index (χ0v) is 11.0. The number of nitrogens with one attached hydrogen (secondary N) is 1. The Kier molecular flexibility index (Phi) is 6.14. The van der Waals surface area contributed by atoms with Crippen LogP contribution in [0.15, 0.2) is 18.3 Å². The number of pyridine rings is 1. The molecule has 1 heterocycles. The third-order valence-electron chi connectivity index (χ3n) is 2.79. The van der Waals surface area contributed by atoms with E-state index in [1.54, 1.807) is 13.3 Å². The molecule has 0 aliphatic rings. The van der Waals surface area contributed by atoms with E-state index in [1.807, 2.05) is 19.1 Å². The molecule has 1 unspecified atom stereocenters. The monoisotopic (exact) mass is 251 g/mol. The second-order valence-corrected chi connectivity index (χ2v) is 4.33. The second-order valence-electron chi connectivity index (χ2n) is 4.33. The first kappa shape index (κ1) is 14.4. The van der Waals surface area contributed by atoms with Crippen molar-refractivity contribution < 1.29 is 9.53 Å². The summed E-state index contributed by atoms with van der Waals surface area (Å²) in [6, 6.07) is 3.70. The van der Waals surface area contributed by atoms with Crippen LogP contribution in [-0.4, -0.2) is 24.5 Å². The highest BCUT2D eigenvalue weighted by Gasteiger charge is 2.07. The molecule has 1 aromatic rings. The molecule has 0 aliphatic heterocycles. The van der Waals surface area contributed by atoms with E-state index in [9.17, 15) is 4.79 Å². The van der Waals surface area contributed by atoms with Gasteiger partial charge in [-0.15, -0.1) is 0 Å². The molecule has 0 bridgehead atoms. The van der Waals surface area contributed by atoms with Crippen LogP contribution in [0.1, 0.15) is 25.3 Å². The van der Waals surface area contributed by atoms with E-state index < -0.39 is 0 Å². The number of hydrogen-bond acceptors (Lipinski definition) is 4. The summed E-state index contributed by atoms with van der Waals surface area (Å²) < 4.78 is 5.11. The van der Waals surface area contributed by atoms with Crippen molar-refractivity contribution in [2.45, 2.75) is 26.3 Å². The number of rotatable bonds is 7. The van der Waals surface area contributed by atoms with Gasteiger partial charge in [-0.1, -0.05) is 13.0 Å². The lowest BCUT2D eigenvalue weighted by atomic mass is 10.1. The fraction of sp³-hybridized carbons (Fsp3) is 0.538. The molecular weight excluding hydrogens is 230 g/mol. The lowest BCUT2D eigenvalue weighted by Crippen LogP contribution is -2.24. The van der Waals surface area contributed by atoms with Crippen molar-refractivity contribution in [1.29, 1.82) is 0 Å². The highest BCUT2D eigenvalue weighted by Crippen LogP contribution is 2.13. The molecule has 0 saturated heterocycles. The van der Waals surface area contributed by atoms with E-state index in [0.717, 1.165) is 12.0 Å². The number of nitrogens with zero attached hydrogens (tertiary/aromatic N) is 1. The van der Waals surface area contributed by atoms with Gasteiger partial charge in [-0.2, -0.15) is 0 Å². The van der Waals surface area contributed by atoms with Gasteiger partial charge >= 0.3 is 0 Å². The highest BCUT2D eigenvalue weighted by atomic mass is 16.5. The molecule has 0 saturated carbocycles. The molecule has 5 nitrogen and oxygen atoms in total. The molecule has 1 aromatic heterocycles. The van der Waals surface area contributed by atoms with Crippen LogP contribution in [0.3, 0.4) is 0 Å². The topological polar surface area (TPSA) is 77.2 Å². The van der Waals surface area contributed by atoms with Gasteiger partial charge in [0.1, 0.15) is 0 Å². The quantitative estimate of drug-likeness (QED) is 0.760. The predicted octanol–water partition coefficient (Wildman–Crippen LogP) is 1.08. The third-order valence-corrected chi connectivity index (χ3v) is 2.79. The van der Waals surface area contributed by atoms with E-state index in [-0.39, 0.29) is 5.91 Å². The maximum absolute atomic E-state index is 11.6. The van der Waals surface area contributed by atoms with Crippen molar-refractivity contribution >= 4 is 5.91 Å². The maximum atomic E-state index is 11.6. The molecule has 0 fully saturated rings. The van der Waals surface area contributed by atoms with Crippen LogP contribution in [0, 0.1) is 5.92 Å². The molecular formula is C13H21N3O2. The average Bonchev–Trinajstić information content (AvgIpc) is 2.42. The standard InChI is InChI=1S/C13H21N3O2/c1-10(8-14)5-6-12(17)16-9-11-4-3-7-15-13(11)18-2/h3-4,7,10H,5-6,8-9,14H2,1-2H3,(H,16,17). The summed E-state index contributed by atoms with van der Waals surface area (Å²) in [5.41, 5.74) is 6.38. The molecule has 3 N–H and O–H groups in total. The Morgan fingerprint density at radius 3 is 3.06 bits per heavy atom. The van der Waals surface area contributed by atoms with Crippen molar-refractivity contribution in [2.24, 2.45) is 11.7 Å². The SMILES string of the molecule is COc1ncccc1CNC(=O)CCC(C)CN. The molecule has 18 heavy (non-hydrogen) atoms. The molecule has 1 amide bonds. The smallest absolute Gasteiger partial charge is 0.220 e. The van der Waals surface area contributed by atoms with Crippen LogP contribution < -0.4 is 15.8 Å². The molecule has 5 heteroatoms. The van der Waals surface area contributed by atoms with Crippen molar-refractivity contribution in [3.05, 3.63) is 23.9 Å². The lowest BCUT2D eigenvalue weighted by molar-refractivity contribution is -0.121. The summed E-state index contributed by atoms with van der Waals surface area (Å²) in [6.45, 7) is 3.09. The minimum absolute atomic E-state index is 0.0289. The molecule has 0 aliphatic carbocycles. The van der Waals surface area contributed by atoms with E-state index in [4.69, 9.17) is 10.5 Å². The van der Waals surface area contributed by atoms with Crippen LogP contribution in [0.5, 0.6) is 5.88 Å². The van der Waals surface area contributed by atoms with E-state index in [2.05, 4.69) is 10.3 Å². The van der Waals surface area contributed by atoms with Crippen molar-refractivity contribution in [3.8, 4) is 5.88 Å². The van der Waals surface area contributed by atoms with Gasteiger partial charge in [0.15, 0.2) is 0 Å². The first-order valence-electron chi connectivity index (χ1n) is 6.12. The van der Waals surface area contributed by atoms with Crippen LogP contribution in [0.2, 0.25) is 0 Å². The Bertz CT molecular complexity index is 382. The Labute approximate surface area is 108 Å². The summed E-state index contributed by atoms with van der Waals surface area (Å²) >= 11 is 0. The Morgan fingerprint density at radius 1 is 1.61 bits per heavy atom. The van der Waals surface area contributed by atoms with Crippen LogP contribution in [0.25, 0.3) is 0 Å². The molecule has 1 rings (SSSR count). The third kappa shape index (κ3) is 4.71. The number of amides is 1. The number of carbonyl (C=O) groups excluding carboxylic acids is 1. The molecule has 1 atom stereocenters. The molecule has 0 aromatic carbocycles. The van der Waals surface area contributed by atoms with E-state index >= 15 is 0 Å². The highest BCUT2D eigenvalue weighted by molar-refractivity contribution is 5.75. The summed E-state index contributed by atoms with van der Waals surface area (Å²) in [6.07, 6.45) is 2.97. The summed E-state index contributed by atoms with van der Waals surface area (Å²) in [4.78, 5) is 15.7. The zero-order valence-electron chi connectivity index (χ0n) is 11.0. The Morgan fingerprint density at radius 2 is 2.39 bits per heavy atom. The van der Waals surface area contributed by atoms with Crippen LogP contribution in [0.4, 0.5) is 0 Å². The van der Waals surface area contributed by atoms with Gasteiger partial charge in [-0.3, -0.25) is 4.79 Å². The first-order chi connectivity index (χ1) is 8.67. The molecule has 0 spiro atoms. The first-order valence-corrected chi connectivity index (χ1v) is 6.12. The normalized spacial score (nSPS) is 11.9. The van der Waals surface area contributed by atoms with Crippen molar-refractivity contribution in [3.63, 3.8) is 0 Å². The Balaban J connectivity index is 2.38. The largest absolute Gasteiger partial charge is 0.481 e. The summed E-state index contributed by atoms with van der Waals surface area (Å²) in [7, 11) is 1.57. The van der Waals surface area contributed by atoms with Gasteiger partial charge in [0.2, 0.25) is 11.8 Å². The number of hydrogen-bond donors (Lipinski definition) is 2. The number of nitrogens with two attached hydrogens (primary N) is 1. The lowest BCUT2D eigenvalue weighted by Gasteiger charge is -2.10. The summed E-state index contributed by atoms with van der Waals surface area (Å²) in [5.74, 6) is 0.956. The van der Waals surface area contributed by atoms with E-state index in [0.29, 0.717) is 31.3 Å². The predicted molar refractivity (Wildman–Crippen MR) is 70.1 cm³/mol. The van der Waals surface area contributed by atoms with Crippen LogP contribution >= 0.6 is 0 Å². The fourth-order valence-electron chi connectivity index (χ4n) is 1.52. The van der Waals surface area contributed by atoms with Gasteiger partial charge in [0, 0.05) is 24.7 Å². The Hall–Kier alpha value is -1.62. The summed E-state index contributed by atoms with van der Waals surface area (Å²) in [5, 5.41) is 2.85. The number of ether oxygens (including phenoxy) is 1. The molecule has 0 radical (unpaired) electrons. The van der Waals surface area contributed by atoms with Crippen molar-refractivity contribution in [1.82, 2.24) is 10.3 Å². The van der Waals surface area contributed by atoms with Gasteiger partial charge in [-0.25, -0.2) is 4.98 Å². The fourth-order valence-corrected chi connectivity index (χ4v) is 1.52. The van der Waals surface area contributed by atoms with Gasteiger partial charge in [0.05, 0.1) is 7.11 Å². The molecule has 100 valence electrons. The number of aromatic nitrogens is 1. The average molecular weight is 251 g/mol. The maximum Gasteiger partial charge on any atom is 0.220 e. The number of methoxy groups -OCH3 is 1. The van der Waals surface area contributed by atoms with Crippen LogP contribution in [-0.2, 0) is 11.3 Å². The number of carbonyl (C=O) groups is 1. The minimum Gasteiger partial charge on any atom is -0.481 e. The van der Waals surface area contributed by atoms with Gasteiger partial charge < -0.3 is 15.8 Å². The minimum atomic E-state index is 0.0289. The van der Waals surface area contributed by atoms with E-state index in [1.165, 1.54) is 0 Å². The second kappa shape index (κ2) is 7.66. The van der Waals surface area contributed by atoms with Crippen molar-refractivity contribution in [2.75, 3.05) is 13.7 Å².